The topological polar surface area (TPSA) is 54.4 Å². The van der Waals surface area contributed by atoms with E-state index in [0.29, 0.717) is 6.42 Å². The fourth-order valence-corrected chi connectivity index (χ4v) is 2.30. The van der Waals surface area contributed by atoms with E-state index in [1.54, 1.807) is 6.20 Å². The van der Waals surface area contributed by atoms with E-state index in [0.717, 1.165) is 37.4 Å². The minimum atomic E-state index is -0.616. The van der Waals surface area contributed by atoms with Crippen molar-refractivity contribution in [2.24, 2.45) is 0 Å². The number of piperidine rings is 1. The van der Waals surface area contributed by atoms with Crippen LogP contribution in [-0.2, 0) is 6.42 Å². The third-order valence-corrected chi connectivity index (χ3v) is 3.20. The summed E-state index contributed by atoms with van der Waals surface area (Å²) < 4.78 is 5.64. The number of hydrogen-bond acceptors (Lipinski definition) is 4. The molecule has 1 aliphatic rings. The molecule has 100 valence electrons. The molecule has 0 amide bonds. The van der Waals surface area contributed by atoms with Crippen LogP contribution in [0.5, 0.6) is 5.75 Å². The van der Waals surface area contributed by atoms with Crippen molar-refractivity contribution in [1.29, 1.82) is 0 Å². The average molecular weight is 250 g/mol. The summed E-state index contributed by atoms with van der Waals surface area (Å²) in [6.45, 7) is 5.75. The summed E-state index contributed by atoms with van der Waals surface area (Å²) in [4.78, 5) is 4.33. The lowest BCUT2D eigenvalue weighted by atomic mass is 9.87. The van der Waals surface area contributed by atoms with Crippen molar-refractivity contribution < 1.29 is 9.84 Å². The highest BCUT2D eigenvalue weighted by Gasteiger charge is 2.29. The molecule has 1 saturated heterocycles. The molecule has 18 heavy (non-hydrogen) atoms. The fourth-order valence-electron chi connectivity index (χ4n) is 2.30. The molecule has 0 radical (unpaired) electrons. The standard InChI is InChI=1S/C14H22N2O2/c1-11(2)18-13-3-6-16-12(9-13)10-14(17)4-7-15-8-5-14/h3,6,9,11,15,17H,4-5,7-8,10H2,1-2H3. The highest BCUT2D eigenvalue weighted by molar-refractivity contribution is 5.24. The van der Waals surface area contributed by atoms with Gasteiger partial charge < -0.3 is 15.2 Å². The molecule has 0 aliphatic carbocycles. The number of nitrogens with zero attached hydrogens (tertiary/aromatic N) is 1. The smallest absolute Gasteiger partial charge is 0.123 e. The molecule has 4 nitrogen and oxygen atoms in total. The van der Waals surface area contributed by atoms with Gasteiger partial charge in [0.1, 0.15) is 5.75 Å². The second-order valence-corrected chi connectivity index (χ2v) is 5.30. The Bertz CT molecular complexity index is 387. The summed E-state index contributed by atoms with van der Waals surface area (Å²) in [7, 11) is 0. The Morgan fingerprint density at radius 2 is 2.17 bits per heavy atom. The van der Waals surface area contributed by atoms with Crippen molar-refractivity contribution in [3.05, 3.63) is 24.0 Å². The highest BCUT2D eigenvalue weighted by atomic mass is 16.5. The third-order valence-electron chi connectivity index (χ3n) is 3.20. The van der Waals surface area contributed by atoms with E-state index in [4.69, 9.17) is 4.74 Å². The number of rotatable bonds is 4. The third kappa shape index (κ3) is 3.68. The fraction of sp³-hybridized carbons (Fsp3) is 0.643. The van der Waals surface area contributed by atoms with E-state index >= 15 is 0 Å². The molecular formula is C14H22N2O2. The molecule has 0 saturated carbocycles. The lowest BCUT2D eigenvalue weighted by Gasteiger charge is -2.32. The molecule has 2 rings (SSSR count). The van der Waals surface area contributed by atoms with Gasteiger partial charge in [0.15, 0.2) is 0 Å². The number of aromatic nitrogens is 1. The van der Waals surface area contributed by atoms with Crippen molar-refractivity contribution in [3.63, 3.8) is 0 Å². The monoisotopic (exact) mass is 250 g/mol. The Morgan fingerprint density at radius 1 is 1.44 bits per heavy atom. The number of ether oxygens (including phenoxy) is 1. The lowest BCUT2D eigenvalue weighted by Crippen LogP contribution is -2.43. The van der Waals surface area contributed by atoms with E-state index < -0.39 is 5.60 Å². The van der Waals surface area contributed by atoms with E-state index in [1.165, 1.54) is 0 Å². The van der Waals surface area contributed by atoms with Gasteiger partial charge in [-0.25, -0.2) is 0 Å². The number of aliphatic hydroxyl groups is 1. The summed E-state index contributed by atoms with van der Waals surface area (Å²) in [6, 6.07) is 3.79. The quantitative estimate of drug-likeness (QED) is 0.851. The number of nitrogens with one attached hydrogen (secondary N) is 1. The van der Waals surface area contributed by atoms with Crippen LogP contribution < -0.4 is 10.1 Å². The van der Waals surface area contributed by atoms with Crippen LogP contribution >= 0.6 is 0 Å². The molecule has 1 aromatic heterocycles. The minimum Gasteiger partial charge on any atom is -0.491 e. The van der Waals surface area contributed by atoms with Crippen LogP contribution in [0.15, 0.2) is 18.3 Å². The van der Waals surface area contributed by atoms with E-state index in [2.05, 4.69) is 10.3 Å². The molecule has 0 aromatic carbocycles. The molecule has 0 atom stereocenters. The van der Waals surface area contributed by atoms with Crippen LogP contribution in [0.25, 0.3) is 0 Å². The molecule has 1 fully saturated rings. The molecule has 0 spiro atoms. The van der Waals surface area contributed by atoms with Crippen molar-refractivity contribution in [1.82, 2.24) is 10.3 Å². The minimum absolute atomic E-state index is 0.155. The van der Waals surface area contributed by atoms with Crippen LogP contribution in [0.3, 0.4) is 0 Å². The molecule has 1 aliphatic heterocycles. The van der Waals surface area contributed by atoms with Gasteiger partial charge in [0.25, 0.3) is 0 Å². The Hall–Kier alpha value is -1.13. The molecule has 2 heterocycles. The normalized spacial score (nSPS) is 18.9. The van der Waals surface area contributed by atoms with Gasteiger partial charge in [-0.2, -0.15) is 0 Å². The second-order valence-electron chi connectivity index (χ2n) is 5.30. The maximum Gasteiger partial charge on any atom is 0.123 e. The SMILES string of the molecule is CC(C)Oc1ccnc(CC2(O)CCNCC2)c1. The Morgan fingerprint density at radius 3 is 2.83 bits per heavy atom. The van der Waals surface area contributed by atoms with Crippen LogP contribution in [0.1, 0.15) is 32.4 Å². The summed E-state index contributed by atoms with van der Waals surface area (Å²) in [5.41, 5.74) is 0.284. The average Bonchev–Trinajstić information content (AvgIpc) is 2.28. The van der Waals surface area contributed by atoms with Crippen molar-refractivity contribution in [3.8, 4) is 5.75 Å². The summed E-state index contributed by atoms with van der Waals surface area (Å²) in [5.74, 6) is 0.826. The van der Waals surface area contributed by atoms with Crippen LogP contribution in [0, 0.1) is 0 Å². The number of pyridine rings is 1. The predicted molar refractivity (Wildman–Crippen MR) is 70.8 cm³/mol. The van der Waals surface area contributed by atoms with Crippen LogP contribution in [0.4, 0.5) is 0 Å². The summed E-state index contributed by atoms with van der Waals surface area (Å²) in [5, 5.41) is 13.7. The second kappa shape index (κ2) is 5.67. The molecule has 2 N–H and O–H groups in total. The first kappa shape index (κ1) is 13.3. The molecule has 0 bridgehead atoms. The van der Waals surface area contributed by atoms with E-state index in [9.17, 15) is 5.11 Å². The molecule has 4 heteroatoms. The molecular weight excluding hydrogens is 228 g/mol. The van der Waals surface area contributed by atoms with Crippen molar-refractivity contribution in [2.75, 3.05) is 13.1 Å². The summed E-state index contributed by atoms with van der Waals surface area (Å²) in [6.07, 6.45) is 4.07. The van der Waals surface area contributed by atoms with Gasteiger partial charge in [0.05, 0.1) is 11.7 Å². The maximum absolute atomic E-state index is 10.5. The van der Waals surface area contributed by atoms with E-state index in [1.807, 2.05) is 26.0 Å². The van der Waals surface area contributed by atoms with Gasteiger partial charge in [0.2, 0.25) is 0 Å². The zero-order valence-corrected chi connectivity index (χ0v) is 11.1. The largest absolute Gasteiger partial charge is 0.491 e. The first-order chi connectivity index (χ1) is 8.57. The van der Waals surface area contributed by atoms with E-state index in [-0.39, 0.29) is 6.10 Å². The van der Waals surface area contributed by atoms with Gasteiger partial charge in [-0.05, 0) is 45.8 Å². The molecule has 1 aromatic rings. The van der Waals surface area contributed by atoms with Crippen LogP contribution in [-0.4, -0.2) is 34.9 Å². The maximum atomic E-state index is 10.5. The van der Waals surface area contributed by atoms with Gasteiger partial charge in [-0.1, -0.05) is 0 Å². The lowest BCUT2D eigenvalue weighted by molar-refractivity contribution is 0.00998. The number of hydrogen-bond donors (Lipinski definition) is 2. The first-order valence-electron chi connectivity index (χ1n) is 6.62. The van der Waals surface area contributed by atoms with Gasteiger partial charge in [0, 0.05) is 24.4 Å². The van der Waals surface area contributed by atoms with Gasteiger partial charge >= 0.3 is 0 Å². The Balaban J connectivity index is 2.04. The van der Waals surface area contributed by atoms with Gasteiger partial charge in [-0.15, -0.1) is 0 Å². The van der Waals surface area contributed by atoms with Crippen molar-refractivity contribution >= 4 is 0 Å². The zero-order chi connectivity index (χ0) is 13.0. The first-order valence-corrected chi connectivity index (χ1v) is 6.62. The predicted octanol–water partition coefficient (Wildman–Crippen LogP) is 1.53. The van der Waals surface area contributed by atoms with Gasteiger partial charge in [-0.3, -0.25) is 4.98 Å². The highest BCUT2D eigenvalue weighted by Crippen LogP contribution is 2.24. The Kier molecular flexibility index (Phi) is 4.19. The van der Waals surface area contributed by atoms with Crippen LogP contribution in [0.2, 0.25) is 0 Å². The Labute approximate surface area is 108 Å². The molecule has 0 unspecified atom stereocenters. The van der Waals surface area contributed by atoms with Crippen molar-refractivity contribution in [2.45, 2.75) is 44.8 Å². The zero-order valence-electron chi connectivity index (χ0n) is 11.1. The summed E-state index contributed by atoms with van der Waals surface area (Å²) >= 11 is 0.